The first-order valence-corrected chi connectivity index (χ1v) is 6.85. The van der Waals surface area contributed by atoms with E-state index in [2.05, 4.69) is 21.2 Å². The molecule has 0 aromatic heterocycles. The van der Waals surface area contributed by atoms with Gasteiger partial charge in [-0.05, 0) is 46.3 Å². The highest BCUT2D eigenvalue weighted by Gasteiger charge is 2.18. The van der Waals surface area contributed by atoms with E-state index < -0.39 is 17.7 Å². The number of carbonyl (C=O) groups excluding carboxylic acids is 1. The van der Waals surface area contributed by atoms with Crippen molar-refractivity contribution in [1.82, 2.24) is 0 Å². The number of halogens is 3. The average molecular weight is 373 g/mol. The lowest BCUT2D eigenvalue weighted by molar-refractivity contribution is 0.0698. The van der Waals surface area contributed by atoms with Crippen LogP contribution in [0.4, 0.5) is 10.1 Å². The summed E-state index contributed by atoms with van der Waals surface area (Å²) in [7, 11) is 0. The van der Waals surface area contributed by atoms with Gasteiger partial charge in [0.05, 0.1) is 16.3 Å². The topological polar surface area (TPSA) is 66.4 Å². The average Bonchev–Trinajstić information content (AvgIpc) is 2.41. The van der Waals surface area contributed by atoms with Gasteiger partial charge in [0.1, 0.15) is 11.4 Å². The molecule has 0 aliphatic carbocycles. The van der Waals surface area contributed by atoms with Crippen molar-refractivity contribution in [3.63, 3.8) is 0 Å². The molecule has 0 radical (unpaired) electrons. The van der Waals surface area contributed by atoms with Gasteiger partial charge in [-0.1, -0.05) is 17.7 Å². The van der Waals surface area contributed by atoms with Crippen LogP contribution in [0, 0.1) is 5.82 Å². The standard InChI is InChI=1S/C14H8BrClFNO3/c15-9-5-4-7(17)6-8(9)13(19)18-11-3-1-2-10(16)12(11)14(20)21/h1-6H,(H,18,19)(H,20,21). The number of anilines is 1. The van der Waals surface area contributed by atoms with Gasteiger partial charge in [-0.2, -0.15) is 0 Å². The maximum absolute atomic E-state index is 13.2. The Balaban J connectivity index is 2.39. The number of nitrogens with one attached hydrogen (secondary N) is 1. The summed E-state index contributed by atoms with van der Waals surface area (Å²) in [6, 6.07) is 7.94. The van der Waals surface area contributed by atoms with E-state index in [1.54, 1.807) is 0 Å². The first-order valence-electron chi connectivity index (χ1n) is 5.68. The number of benzene rings is 2. The van der Waals surface area contributed by atoms with Crippen LogP contribution in [-0.2, 0) is 0 Å². The van der Waals surface area contributed by atoms with E-state index in [-0.39, 0.29) is 21.8 Å². The lowest BCUT2D eigenvalue weighted by atomic mass is 10.1. The summed E-state index contributed by atoms with van der Waals surface area (Å²) in [5.74, 6) is -2.49. The molecule has 0 fully saturated rings. The van der Waals surface area contributed by atoms with Crippen LogP contribution in [0.3, 0.4) is 0 Å². The van der Waals surface area contributed by atoms with Crippen molar-refractivity contribution in [2.24, 2.45) is 0 Å². The molecule has 1 amide bonds. The third-order valence-corrected chi connectivity index (χ3v) is 3.66. The zero-order valence-electron chi connectivity index (χ0n) is 10.4. The molecular weight excluding hydrogens is 365 g/mol. The largest absolute Gasteiger partial charge is 0.478 e. The number of aromatic carboxylic acids is 1. The second-order valence-electron chi connectivity index (χ2n) is 4.05. The molecule has 0 aliphatic rings. The first kappa shape index (κ1) is 15.5. The zero-order valence-corrected chi connectivity index (χ0v) is 12.7. The molecule has 0 heterocycles. The number of carboxylic acid groups (broad SMARTS) is 1. The van der Waals surface area contributed by atoms with Gasteiger partial charge < -0.3 is 10.4 Å². The monoisotopic (exact) mass is 371 g/mol. The summed E-state index contributed by atoms with van der Waals surface area (Å²) in [5, 5.41) is 11.5. The van der Waals surface area contributed by atoms with E-state index >= 15 is 0 Å². The highest BCUT2D eigenvalue weighted by atomic mass is 79.9. The molecule has 108 valence electrons. The van der Waals surface area contributed by atoms with Crippen molar-refractivity contribution in [2.75, 3.05) is 5.32 Å². The van der Waals surface area contributed by atoms with E-state index in [1.807, 2.05) is 0 Å². The fourth-order valence-electron chi connectivity index (χ4n) is 1.71. The Morgan fingerprint density at radius 3 is 2.62 bits per heavy atom. The van der Waals surface area contributed by atoms with Gasteiger partial charge in [-0.15, -0.1) is 0 Å². The minimum atomic E-state index is -1.27. The minimum absolute atomic E-state index is 0.00129. The van der Waals surface area contributed by atoms with Crippen molar-refractivity contribution >= 4 is 45.1 Å². The Morgan fingerprint density at radius 1 is 1.24 bits per heavy atom. The summed E-state index contributed by atoms with van der Waals surface area (Å²) in [4.78, 5) is 23.3. The van der Waals surface area contributed by atoms with Gasteiger partial charge in [0.25, 0.3) is 5.91 Å². The highest BCUT2D eigenvalue weighted by Crippen LogP contribution is 2.26. The van der Waals surface area contributed by atoms with Gasteiger partial charge >= 0.3 is 5.97 Å². The Hall–Kier alpha value is -1.92. The molecule has 0 bridgehead atoms. The smallest absolute Gasteiger partial charge is 0.339 e. The number of carboxylic acids is 1. The maximum Gasteiger partial charge on any atom is 0.339 e. The summed E-state index contributed by atoms with van der Waals surface area (Å²) in [6.45, 7) is 0. The van der Waals surface area contributed by atoms with Gasteiger partial charge in [-0.25, -0.2) is 9.18 Å². The van der Waals surface area contributed by atoms with Crippen LogP contribution in [0.1, 0.15) is 20.7 Å². The Kier molecular flexibility index (Phi) is 4.59. The van der Waals surface area contributed by atoms with Crippen LogP contribution in [0.5, 0.6) is 0 Å². The number of rotatable bonds is 3. The van der Waals surface area contributed by atoms with Crippen LogP contribution in [0.2, 0.25) is 5.02 Å². The fourth-order valence-corrected chi connectivity index (χ4v) is 2.39. The van der Waals surface area contributed by atoms with Crippen molar-refractivity contribution < 1.29 is 19.1 Å². The van der Waals surface area contributed by atoms with E-state index in [0.29, 0.717) is 4.47 Å². The Labute approximate surface area is 132 Å². The van der Waals surface area contributed by atoms with E-state index in [9.17, 15) is 14.0 Å². The molecule has 4 nitrogen and oxygen atoms in total. The molecular formula is C14H8BrClFNO3. The molecule has 0 atom stereocenters. The molecule has 0 unspecified atom stereocenters. The van der Waals surface area contributed by atoms with Gasteiger partial charge in [0.15, 0.2) is 0 Å². The summed E-state index contributed by atoms with van der Waals surface area (Å²) in [6.07, 6.45) is 0. The van der Waals surface area contributed by atoms with Crippen molar-refractivity contribution in [1.29, 1.82) is 0 Å². The summed E-state index contributed by atoms with van der Waals surface area (Å²) >= 11 is 8.95. The normalized spacial score (nSPS) is 10.2. The maximum atomic E-state index is 13.2. The molecule has 0 saturated carbocycles. The van der Waals surface area contributed by atoms with Crippen LogP contribution in [-0.4, -0.2) is 17.0 Å². The molecule has 7 heteroatoms. The second kappa shape index (κ2) is 6.24. The fraction of sp³-hybridized carbons (Fsp3) is 0. The summed E-state index contributed by atoms with van der Waals surface area (Å²) < 4.78 is 13.6. The molecule has 0 aliphatic heterocycles. The van der Waals surface area contributed by atoms with Crippen LogP contribution in [0.15, 0.2) is 40.9 Å². The van der Waals surface area contributed by atoms with Crippen LogP contribution in [0.25, 0.3) is 0 Å². The highest BCUT2D eigenvalue weighted by molar-refractivity contribution is 9.10. The molecule has 2 aromatic carbocycles. The Bertz CT molecular complexity index is 736. The first-order chi connectivity index (χ1) is 9.90. The Morgan fingerprint density at radius 2 is 1.95 bits per heavy atom. The molecule has 2 N–H and O–H groups in total. The molecule has 21 heavy (non-hydrogen) atoms. The predicted octanol–water partition coefficient (Wildman–Crippen LogP) is 4.19. The third kappa shape index (κ3) is 3.40. The van der Waals surface area contributed by atoms with Crippen LogP contribution < -0.4 is 5.32 Å². The quantitative estimate of drug-likeness (QED) is 0.849. The number of carbonyl (C=O) groups is 2. The molecule has 0 spiro atoms. The van der Waals surface area contributed by atoms with E-state index in [1.165, 1.54) is 30.3 Å². The molecule has 2 rings (SSSR count). The number of hydrogen-bond donors (Lipinski definition) is 2. The van der Waals surface area contributed by atoms with Gasteiger partial charge in [0.2, 0.25) is 0 Å². The lowest BCUT2D eigenvalue weighted by Crippen LogP contribution is -2.15. The lowest BCUT2D eigenvalue weighted by Gasteiger charge is -2.10. The predicted molar refractivity (Wildman–Crippen MR) is 80.5 cm³/mol. The molecule has 0 saturated heterocycles. The van der Waals surface area contributed by atoms with E-state index in [0.717, 1.165) is 6.07 Å². The third-order valence-electron chi connectivity index (χ3n) is 2.65. The summed E-state index contributed by atoms with van der Waals surface area (Å²) in [5.41, 5.74) is -0.137. The number of amides is 1. The van der Waals surface area contributed by atoms with Crippen molar-refractivity contribution in [2.45, 2.75) is 0 Å². The zero-order chi connectivity index (χ0) is 15.6. The van der Waals surface area contributed by atoms with Gasteiger partial charge in [0, 0.05) is 4.47 Å². The number of hydrogen-bond acceptors (Lipinski definition) is 2. The molecule has 2 aromatic rings. The van der Waals surface area contributed by atoms with E-state index in [4.69, 9.17) is 16.7 Å². The van der Waals surface area contributed by atoms with Crippen LogP contribution >= 0.6 is 27.5 Å². The van der Waals surface area contributed by atoms with Crippen molar-refractivity contribution in [3.05, 3.63) is 62.8 Å². The SMILES string of the molecule is O=C(Nc1cccc(Cl)c1C(=O)O)c1cc(F)ccc1Br. The minimum Gasteiger partial charge on any atom is -0.478 e. The second-order valence-corrected chi connectivity index (χ2v) is 5.31. The van der Waals surface area contributed by atoms with Gasteiger partial charge in [-0.3, -0.25) is 4.79 Å². The van der Waals surface area contributed by atoms with Crippen molar-refractivity contribution in [3.8, 4) is 0 Å².